The van der Waals surface area contributed by atoms with Crippen LogP contribution in [0.15, 0.2) is 18.3 Å². The highest BCUT2D eigenvalue weighted by Crippen LogP contribution is 2.33. The number of nitrogens with one attached hydrogen (secondary N) is 1. The number of hydrogen-bond donors (Lipinski definition) is 1. The molecule has 0 aliphatic heterocycles. The maximum atomic E-state index is 10.7. The van der Waals surface area contributed by atoms with Gasteiger partial charge in [0.15, 0.2) is 11.5 Å². The fourth-order valence-electron chi connectivity index (χ4n) is 1.25. The second kappa shape index (κ2) is 6.15. The number of benzene rings is 1. The molecule has 5 heteroatoms. The van der Waals surface area contributed by atoms with Crippen molar-refractivity contribution in [3.63, 3.8) is 0 Å². The molecule has 0 saturated carbocycles. The fraction of sp³-hybridized carbons (Fsp3) is 0.250. The Hall–Kier alpha value is -1.68. The van der Waals surface area contributed by atoms with Gasteiger partial charge in [-0.2, -0.15) is 0 Å². The lowest BCUT2D eigenvalue weighted by atomic mass is 10.2. The van der Waals surface area contributed by atoms with E-state index in [0.29, 0.717) is 16.5 Å². The Balaban J connectivity index is 3.00. The molecule has 4 nitrogen and oxygen atoms in total. The molecule has 0 aromatic heterocycles. The van der Waals surface area contributed by atoms with Crippen LogP contribution in [-0.4, -0.2) is 20.1 Å². The third-order valence-corrected chi connectivity index (χ3v) is 2.38. The van der Waals surface area contributed by atoms with Gasteiger partial charge >= 0.3 is 0 Å². The monoisotopic (exact) mass is 255 g/mol. The summed E-state index contributed by atoms with van der Waals surface area (Å²) in [5.41, 5.74) is 0.734. The first-order valence-corrected chi connectivity index (χ1v) is 5.31. The fourth-order valence-corrected chi connectivity index (χ4v) is 1.46. The zero-order valence-electron chi connectivity index (χ0n) is 9.91. The summed E-state index contributed by atoms with van der Waals surface area (Å²) in [6.45, 7) is 1.43. The SMILES string of the molecule is COc1cc(Cl)c(C=CNC(C)=O)cc1OC. The molecule has 0 atom stereocenters. The summed E-state index contributed by atoms with van der Waals surface area (Å²) < 4.78 is 10.3. The minimum atomic E-state index is -0.141. The standard InChI is InChI=1S/C12H14ClNO3/c1-8(15)14-5-4-9-6-11(16-2)12(17-3)7-10(9)13/h4-7H,1-3H3,(H,14,15). The molecule has 0 spiro atoms. The average molecular weight is 256 g/mol. The van der Waals surface area contributed by atoms with Crippen molar-refractivity contribution in [3.8, 4) is 11.5 Å². The van der Waals surface area contributed by atoms with Crippen molar-refractivity contribution in [1.82, 2.24) is 5.32 Å². The molecular formula is C12H14ClNO3. The minimum absolute atomic E-state index is 0.141. The van der Waals surface area contributed by atoms with Gasteiger partial charge in [0, 0.05) is 19.2 Å². The van der Waals surface area contributed by atoms with Gasteiger partial charge in [-0.15, -0.1) is 0 Å². The summed E-state index contributed by atoms with van der Waals surface area (Å²) in [6, 6.07) is 3.40. The van der Waals surface area contributed by atoms with E-state index in [1.54, 1.807) is 32.4 Å². The summed E-state index contributed by atoms with van der Waals surface area (Å²) in [6.07, 6.45) is 3.21. The molecular weight excluding hydrogens is 242 g/mol. The summed E-state index contributed by atoms with van der Waals surface area (Å²) in [5, 5.41) is 3.05. The van der Waals surface area contributed by atoms with Crippen LogP contribution < -0.4 is 14.8 Å². The number of rotatable bonds is 4. The van der Waals surface area contributed by atoms with Gasteiger partial charge in [-0.05, 0) is 17.7 Å². The lowest BCUT2D eigenvalue weighted by Gasteiger charge is -2.09. The topological polar surface area (TPSA) is 47.6 Å². The van der Waals surface area contributed by atoms with E-state index in [-0.39, 0.29) is 5.91 Å². The van der Waals surface area contributed by atoms with Gasteiger partial charge in [0.1, 0.15) is 0 Å². The van der Waals surface area contributed by atoms with E-state index in [9.17, 15) is 4.79 Å². The zero-order chi connectivity index (χ0) is 12.8. The van der Waals surface area contributed by atoms with Crippen molar-refractivity contribution in [2.24, 2.45) is 0 Å². The summed E-state index contributed by atoms with van der Waals surface area (Å²) >= 11 is 6.05. The Morgan fingerprint density at radius 2 is 1.88 bits per heavy atom. The predicted octanol–water partition coefficient (Wildman–Crippen LogP) is 2.46. The third kappa shape index (κ3) is 3.67. The Kier molecular flexibility index (Phi) is 4.84. The molecule has 0 bridgehead atoms. The van der Waals surface area contributed by atoms with Crippen molar-refractivity contribution >= 4 is 23.6 Å². The molecule has 0 heterocycles. The van der Waals surface area contributed by atoms with Gasteiger partial charge in [0.25, 0.3) is 0 Å². The van der Waals surface area contributed by atoms with E-state index < -0.39 is 0 Å². The third-order valence-electron chi connectivity index (χ3n) is 2.05. The number of halogens is 1. The molecule has 0 saturated heterocycles. The number of ether oxygens (including phenoxy) is 2. The molecule has 1 amide bonds. The van der Waals surface area contributed by atoms with Crippen LogP contribution in [0.4, 0.5) is 0 Å². The predicted molar refractivity (Wildman–Crippen MR) is 67.4 cm³/mol. The van der Waals surface area contributed by atoms with E-state index >= 15 is 0 Å². The van der Waals surface area contributed by atoms with Gasteiger partial charge in [0.05, 0.1) is 19.2 Å². The first-order chi connectivity index (χ1) is 8.08. The molecule has 0 unspecified atom stereocenters. The van der Waals surface area contributed by atoms with E-state index in [1.165, 1.54) is 13.1 Å². The summed E-state index contributed by atoms with van der Waals surface area (Å²) in [4.78, 5) is 10.7. The molecule has 0 aliphatic rings. The number of amides is 1. The molecule has 1 aromatic rings. The lowest BCUT2D eigenvalue weighted by Crippen LogP contribution is -2.11. The maximum absolute atomic E-state index is 10.7. The lowest BCUT2D eigenvalue weighted by molar-refractivity contribution is -0.118. The Morgan fingerprint density at radius 1 is 1.29 bits per heavy atom. The largest absolute Gasteiger partial charge is 0.493 e. The van der Waals surface area contributed by atoms with Crippen molar-refractivity contribution < 1.29 is 14.3 Å². The van der Waals surface area contributed by atoms with Gasteiger partial charge < -0.3 is 14.8 Å². The van der Waals surface area contributed by atoms with E-state index in [2.05, 4.69) is 5.32 Å². The van der Waals surface area contributed by atoms with E-state index in [1.807, 2.05) is 0 Å². The van der Waals surface area contributed by atoms with Gasteiger partial charge in [-0.25, -0.2) is 0 Å². The Morgan fingerprint density at radius 3 is 2.41 bits per heavy atom. The first-order valence-electron chi connectivity index (χ1n) is 4.93. The van der Waals surface area contributed by atoms with E-state index in [0.717, 1.165) is 5.56 Å². The number of carbonyl (C=O) groups is 1. The van der Waals surface area contributed by atoms with Crippen molar-refractivity contribution in [3.05, 3.63) is 28.9 Å². The molecule has 1 aromatic carbocycles. The van der Waals surface area contributed by atoms with Crippen LogP contribution in [0, 0.1) is 0 Å². The summed E-state index contributed by atoms with van der Waals surface area (Å²) in [7, 11) is 3.09. The minimum Gasteiger partial charge on any atom is -0.493 e. The molecule has 1 rings (SSSR count). The molecule has 17 heavy (non-hydrogen) atoms. The number of hydrogen-bond acceptors (Lipinski definition) is 3. The van der Waals surface area contributed by atoms with Gasteiger partial charge in [0.2, 0.25) is 5.91 Å². The number of carbonyl (C=O) groups excluding carboxylic acids is 1. The van der Waals surface area contributed by atoms with Gasteiger partial charge in [-0.1, -0.05) is 11.6 Å². The molecule has 92 valence electrons. The van der Waals surface area contributed by atoms with Crippen molar-refractivity contribution in [2.75, 3.05) is 14.2 Å². The first kappa shape index (κ1) is 13.4. The van der Waals surface area contributed by atoms with Crippen LogP contribution in [0.3, 0.4) is 0 Å². The Bertz CT molecular complexity index is 444. The van der Waals surface area contributed by atoms with Crippen LogP contribution in [0.5, 0.6) is 11.5 Å². The maximum Gasteiger partial charge on any atom is 0.220 e. The van der Waals surface area contributed by atoms with Gasteiger partial charge in [-0.3, -0.25) is 4.79 Å². The van der Waals surface area contributed by atoms with Crippen molar-refractivity contribution in [2.45, 2.75) is 6.92 Å². The molecule has 0 aliphatic carbocycles. The smallest absolute Gasteiger partial charge is 0.220 e. The summed E-state index contributed by atoms with van der Waals surface area (Å²) in [5.74, 6) is 1.01. The molecule has 0 fully saturated rings. The highest BCUT2D eigenvalue weighted by atomic mass is 35.5. The number of methoxy groups -OCH3 is 2. The Labute approximate surface area is 105 Å². The molecule has 1 N–H and O–H groups in total. The molecule has 0 radical (unpaired) electrons. The quantitative estimate of drug-likeness (QED) is 0.899. The zero-order valence-corrected chi connectivity index (χ0v) is 10.7. The van der Waals surface area contributed by atoms with Crippen LogP contribution in [0.1, 0.15) is 12.5 Å². The second-order valence-electron chi connectivity index (χ2n) is 3.26. The normalized spacial score (nSPS) is 10.4. The second-order valence-corrected chi connectivity index (χ2v) is 3.67. The van der Waals surface area contributed by atoms with Crippen LogP contribution >= 0.6 is 11.6 Å². The highest BCUT2D eigenvalue weighted by Gasteiger charge is 2.07. The van der Waals surface area contributed by atoms with Crippen molar-refractivity contribution in [1.29, 1.82) is 0 Å². The van der Waals surface area contributed by atoms with E-state index in [4.69, 9.17) is 21.1 Å². The highest BCUT2D eigenvalue weighted by molar-refractivity contribution is 6.32. The van der Waals surface area contributed by atoms with Crippen LogP contribution in [-0.2, 0) is 4.79 Å². The average Bonchev–Trinajstić information content (AvgIpc) is 2.30. The van der Waals surface area contributed by atoms with Crippen LogP contribution in [0.25, 0.3) is 6.08 Å². The van der Waals surface area contributed by atoms with Crippen LogP contribution in [0.2, 0.25) is 5.02 Å².